The van der Waals surface area contributed by atoms with E-state index in [1.807, 2.05) is 41.8 Å². The van der Waals surface area contributed by atoms with Gasteiger partial charge in [-0.1, -0.05) is 0 Å². The molecule has 0 fully saturated rings. The fourth-order valence-electron chi connectivity index (χ4n) is 2.59. The summed E-state index contributed by atoms with van der Waals surface area (Å²) in [6.45, 7) is 3.97. The summed E-state index contributed by atoms with van der Waals surface area (Å²) in [5, 5.41) is 9.30. The minimum Gasteiger partial charge on any atom is -0.462 e. The van der Waals surface area contributed by atoms with E-state index in [0.717, 1.165) is 28.0 Å². The van der Waals surface area contributed by atoms with Gasteiger partial charge in [0, 0.05) is 29.2 Å². The Kier molecular flexibility index (Phi) is 4.12. The van der Waals surface area contributed by atoms with Crippen molar-refractivity contribution in [2.24, 2.45) is 0 Å². The summed E-state index contributed by atoms with van der Waals surface area (Å²) in [5.74, 6) is -0.364. The molecule has 0 saturated heterocycles. The minimum atomic E-state index is -0.364. The van der Waals surface area contributed by atoms with Crippen LogP contribution < -0.4 is 0 Å². The van der Waals surface area contributed by atoms with Crippen molar-refractivity contribution in [3.8, 4) is 11.3 Å². The Morgan fingerprint density at radius 1 is 1.30 bits per heavy atom. The number of nitrogens with zero attached hydrogens (tertiary/aromatic N) is 2. The number of aliphatic hydroxyl groups excluding tert-OH is 1. The second-order valence-corrected chi connectivity index (χ2v) is 5.30. The highest BCUT2D eigenvalue weighted by atomic mass is 16.5. The molecule has 0 aliphatic heterocycles. The number of fused-ring (bicyclic) bond motifs is 1. The second-order valence-electron chi connectivity index (χ2n) is 5.30. The lowest BCUT2D eigenvalue weighted by Crippen LogP contribution is -2.05. The van der Waals surface area contributed by atoms with Crippen LogP contribution in [0.4, 0.5) is 0 Å². The molecule has 0 radical (unpaired) electrons. The van der Waals surface area contributed by atoms with Crippen LogP contribution in [0.5, 0.6) is 0 Å². The molecule has 118 valence electrons. The zero-order chi connectivity index (χ0) is 16.4. The predicted molar refractivity (Wildman–Crippen MR) is 87.2 cm³/mol. The lowest BCUT2D eigenvalue weighted by molar-refractivity contribution is 0.0527. The van der Waals surface area contributed by atoms with Gasteiger partial charge >= 0.3 is 5.97 Å². The smallest absolute Gasteiger partial charge is 0.340 e. The predicted octanol–water partition coefficient (Wildman–Crippen LogP) is 2.98. The SMILES string of the molecule is CCOC(=O)c1cc2cc(CO)ccn2c1-c1ccc(C)nc1. The van der Waals surface area contributed by atoms with Crippen molar-refractivity contribution < 1.29 is 14.6 Å². The van der Waals surface area contributed by atoms with Gasteiger partial charge in [0.15, 0.2) is 0 Å². The molecule has 0 aliphatic rings. The third-order valence-corrected chi connectivity index (χ3v) is 3.70. The Labute approximate surface area is 134 Å². The van der Waals surface area contributed by atoms with Gasteiger partial charge in [-0.15, -0.1) is 0 Å². The molecular formula is C18H18N2O3. The molecule has 1 N–H and O–H groups in total. The van der Waals surface area contributed by atoms with Crippen LogP contribution in [0.1, 0.15) is 28.5 Å². The number of ether oxygens (including phenoxy) is 1. The van der Waals surface area contributed by atoms with Crippen molar-refractivity contribution in [3.63, 3.8) is 0 Å². The number of pyridine rings is 2. The summed E-state index contributed by atoms with van der Waals surface area (Å²) in [5.41, 5.74) is 4.61. The molecule has 3 aromatic heterocycles. The normalized spacial score (nSPS) is 10.9. The Morgan fingerprint density at radius 2 is 2.13 bits per heavy atom. The highest BCUT2D eigenvalue weighted by Crippen LogP contribution is 2.28. The molecular weight excluding hydrogens is 292 g/mol. The Morgan fingerprint density at radius 3 is 2.78 bits per heavy atom. The molecule has 3 rings (SSSR count). The summed E-state index contributed by atoms with van der Waals surface area (Å²) >= 11 is 0. The molecule has 5 heteroatoms. The zero-order valence-corrected chi connectivity index (χ0v) is 13.1. The van der Waals surface area contributed by atoms with Crippen molar-refractivity contribution in [1.82, 2.24) is 9.38 Å². The Hall–Kier alpha value is -2.66. The number of hydrogen-bond donors (Lipinski definition) is 1. The molecule has 0 amide bonds. The second kappa shape index (κ2) is 6.22. The molecule has 3 aromatic rings. The quantitative estimate of drug-likeness (QED) is 0.752. The molecule has 0 bridgehead atoms. The van der Waals surface area contributed by atoms with Crippen LogP contribution in [0, 0.1) is 6.92 Å². The number of carbonyl (C=O) groups is 1. The highest BCUT2D eigenvalue weighted by Gasteiger charge is 2.19. The molecule has 23 heavy (non-hydrogen) atoms. The van der Waals surface area contributed by atoms with Gasteiger partial charge < -0.3 is 14.2 Å². The van der Waals surface area contributed by atoms with Crippen molar-refractivity contribution >= 4 is 11.5 Å². The third-order valence-electron chi connectivity index (χ3n) is 3.70. The number of hydrogen-bond acceptors (Lipinski definition) is 4. The monoisotopic (exact) mass is 310 g/mol. The first-order valence-electron chi connectivity index (χ1n) is 7.49. The first kappa shape index (κ1) is 15.2. The van der Waals surface area contributed by atoms with Crippen LogP contribution in [-0.2, 0) is 11.3 Å². The van der Waals surface area contributed by atoms with Crippen molar-refractivity contribution in [3.05, 3.63) is 59.5 Å². The van der Waals surface area contributed by atoms with E-state index in [-0.39, 0.29) is 12.6 Å². The first-order chi connectivity index (χ1) is 11.1. The summed E-state index contributed by atoms with van der Waals surface area (Å²) < 4.78 is 7.09. The van der Waals surface area contributed by atoms with E-state index in [0.29, 0.717) is 12.2 Å². The van der Waals surface area contributed by atoms with Crippen molar-refractivity contribution in [2.45, 2.75) is 20.5 Å². The number of aromatic nitrogens is 2. The van der Waals surface area contributed by atoms with E-state index >= 15 is 0 Å². The maximum absolute atomic E-state index is 12.3. The van der Waals surface area contributed by atoms with E-state index in [2.05, 4.69) is 4.98 Å². The molecule has 0 atom stereocenters. The van der Waals surface area contributed by atoms with E-state index in [1.54, 1.807) is 19.2 Å². The minimum absolute atomic E-state index is 0.0438. The van der Waals surface area contributed by atoms with E-state index in [1.165, 1.54) is 0 Å². The van der Waals surface area contributed by atoms with Gasteiger partial charge in [0.2, 0.25) is 0 Å². The number of carbonyl (C=O) groups excluding carboxylic acids is 1. The topological polar surface area (TPSA) is 63.8 Å². The Balaban J connectivity index is 2.24. The third kappa shape index (κ3) is 2.83. The van der Waals surface area contributed by atoms with Gasteiger partial charge in [0.25, 0.3) is 0 Å². The average Bonchev–Trinajstić information content (AvgIpc) is 2.94. The van der Waals surface area contributed by atoms with Gasteiger partial charge in [-0.2, -0.15) is 0 Å². The summed E-state index contributed by atoms with van der Waals surface area (Å²) in [7, 11) is 0. The van der Waals surface area contributed by atoms with Crippen molar-refractivity contribution in [1.29, 1.82) is 0 Å². The van der Waals surface area contributed by atoms with Gasteiger partial charge in [0.05, 0.1) is 24.5 Å². The number of aryl methyl sites for hydroxylation is 1. The molecule has 3 heterocycles. The molecule has 0 saturated carbocycles. The maximum Gasteiger partial charge on any atom is 0.340 e. The van der Waals surface area contributed by atoms with E-state index in [9.17, 15) is 9.90 Å². The molecule has 0 aliphatic carbocycles. The van der Waals surface area contributed by atoms with E-state index in [4.69, 9.17) is 4.74 Å². The first-order valence-corrected chi connectivity index (χ1v) is 7.49. The summed E-state index contributed by atoms with van der Waals surface area (Å²) in [6, 6.07) is 9.31. The average molecular weight is 310 g/mol. The zero-order valence-electron chi connectivity index (χ0n) is 13.1. The standard InChI is InChI=1S/C18H18N2O3/c1-3-23-18(22)16-9-15-8-13(11-21)6-7-20(15)17(16)14-5-4-12(2)19-10-14/h4-10,21H,3,11H2,1-2H3. The summed E-state index contributed by atoms with van der Waals surface area (Å²) in [4.78, 5) is 16.6. The van der Waals surface area contributed by atoms with Gasteiger partial charge in [-0.3, -0.25) is 4.98 Å². The fraction of sp³-hybridized carbons (Fsp3) is 0.222. The van der Waals surface area contributed by atoms with Crippen LogP contribution in [0.15, 0.2) is 42.7 Å². The van der Waals surface area contributed by atoms with Crippen LogP contribution in [0.3, 0.4) is 0 Å². The molecule has 5 nitrogen and oxygen atoms in total. The van der Waals surface area contributed by atoms with Crippen molar-refractivity contribution in [2.75, 3.05) is 6.61 Å². The van der Waals surface area contributed by atoms with Gasteiger partial charge in [-0.25, -0.2) is 4.79 Å². The number of aliphatic hydroxyl groups is 1. The Bertz CT molecular complexity index is 851. The van der Waals surface area contributed by atoms with Gasteiger partial charge in [-0.05, 0) is 49.7 Å². The van der Waals surface area contributed by atoms with E-state index < -0.39 is 0 Å². The van der Waals surface area contributed by atoms with Crippen LogP contribution in [0.25, 0.3) is 16.8 Å². The number of esters is 1. The molecule has 0 aromatic carbocycles. The van der Waals surface area contributed by atoms with Gasteiger partial charge in [0.1, 0.15) is 0 Å². The fourth-order valence-corrected chi connectivity index (χ4v) is 2.59. The number of rotatable bonds is 4. The molecule has 0 spiro atoms. The van der Waals surface area contributed by atoms with Crippen LogP contribution >= 0.6 is 0 Å². The lowest BCUT2D eigenvalue weighted by Gasteiger charge is -2.07. The van der Waals surface area contributed by atoms with Crippen LogP contribution in [-0.4, -0.2) is 27.1 Å². The maximum atomic E-state index is 12.3. The molecule has 0 unspecified atom stereocenters. The largest absolute Gasteiger partial charge is 0.462 e. The highest BCUT2D eigenvalue weighted by molar-refractivity contribution is 5.99. The lowest BCUT2D eigenvalue weighted by atomic mass is 10.1. The summed E-state index contributed by atoms with van der Waals surface area (Å²) in [6.07, 6.45) is 3.60. The van der Waals surface area contributed by atoms with Crippen LogP contribution in [0.2, 0.25) is 0 Å².